The lowest BCUT2D eigenvalue weighted by Crippen LogP contribution is -2.49. The van der Waals surface area contributed by atoms with Crippen LogP contribution in [0.15, 0.2) is 0 Å². The van der Waals surface area contributed by atoms with Gasteiger partial charge in [0.1, 0.15) is 0 Å². The highest BCUT2D eigenvalue weighted by Gasteiger charge is 2.14. The standard InChI is InChI=1S/C11H24N2O/c1-10(2)14-8-4-6-13-7-5-12-11(3)9-13/h10-12H,4-9H2,1-3H3/t11-/m0/s1. The first-order valence-electron chi connectivity index (χ1n) is 5.76. The highest BCUT2D eigenvalue weighted by molar-refractivity contribution is 4.74. The summed E-state index contributed by atoms with van der Waals surface area (Å²) in [6.07, 6.45) is 1.53. The van der Waals surface area contributed by atoms with Crippen LogP contribution in [0.3, 0.4) is 0 Å². The van der Waals surface area contributed by atoms with Crippen molar-refractivity contribution < 1.29 is 4.74 Å². The molecule has 0 aromatic rings. The Kier molecular flexibility index (Phi) is 5.45. The number of hydrogen-bond donors (Lipinski definition) is 1. The lowest BCUT2D eigenvalue weighted by atomic mass is 10.2. The number of piperazine rings is 1. The molecule has 0 aromatic carbocycles. The Morgan fingerprint density at radius 2 is 2.29 bits per heavy atom. The minimum Gasteiger partial charge on any atom is -0.379 e. The van der Waals surface area contributed by atoms with E-state index < -0.39 is 0 Å². The zero-order valence-electron chi connectivity index (χ0n) is 9.75. The molecule has 1 aliphatic heterocycles. The molecule has 1 fully saturated rings. The van der Waals surface area contributed by atoms with Crippen LogP contribution in [-0.4, -0.2) is 49.8 Å². The van der Waals surface area contributed by atoms with Crippen LogP contribution in [0.1, 0.15) is 27.2 Å². The zero-order valence-corrected chi connectivity index (χ0v) is 9.75. The fourth-order valence-electron chi connectivity index (χ4n) is 1.82. The van der Waals surface area contributed by atoms with Gasteiger partial charge in [0.25, 0.3) is 0 Å². The van der Waals surface area contributed by atoms with Gasteiger partial charge in [-0.15, -0.1) is 0 Å². The highest BCUT2D eigenvalue weighted by Crippen LogP contribution is 2.00. The van der Waals surface area contributed by atoms with Crippen molar-refractivity contribution in [2.45, 2.75) is 39.3 Å². The second-order valence-corrected chi connectivity index (χ2v) is 4.43. The fourth-order valence-corrected chi connectivity index (χ4v) is 1.82. The van der Waals surface area contributed by atoms with Crippen LogP contribution in [0.4, 0.5) is 0 Å². The molecule has 0 radical (unpaired) electrons. The Hall–Kier alpha value is -0.120. The Morgan fingerprint density at radius 1 is 1.50 bits per heavy atom. The van der Waals surface area contributed by atoms with Crippen LogP contribution in [0.5, 0.6) is 0 Å². The Labute approximate surface area is 87.8 Å². The maximum absolute atomic E-state index is 5.52. The van der Waals surface area contributed by atoms with Crippen LogP contribution in [-0.2, 0) is 4.74 Å². The molecule has 84 valence electrons. The van der Waals surface area contributed by atoms with Gasteiger partial charge in [-0.3, -0.25) is 0 Å². The van der Waals surface area contributed by atoms with Crippen molar-refractivity contribution in [2.75, 3.05) is 32.8 Å². The molecule has 0 aliphatic carbocycles. The van der Waals surface area contributed by atoms with E-state index in [1.807, 2.05) is 0 Å². The van der Waals surface area contributed by atoms with E-state index in [9.17, 15) is 0 Å². The summed E-state index contributed by atoms with van der Waals surface area (Å²) in [6, 6.07) is 0.648. The molecule has 0 aromatic heterocycles. The molecule has 0 spiro atoms. The summed E-state index contributed by atoms with van der Waals surface area (Å²) in [5, 5.41) is 3.45. The lowest BCUT2D eigenvalue weighted by Gasteiger charge is -2.31. The molecule has 14 heavy (non-hydrogen) atoms. The third-order valence-corrected chi connectivity index (χ3v) is 2.52. The van der Waals surface area contributed by atoms with Crippen molar-refractivity contribution in [3.8, 4) is 0 Å². The SMILES string of the molecule is CC(C)OCCCN1CCN[C@@H](C)C1. The largest absolute Gasteiger partial charge is 0.379 e. The van der Waals surface area contributed by atoms with Crippen molar-refractivity contribution in [1.29, 1.82) is 0 Å². The smallest absolute Gasteiger partial charge is 0.0518 e. The maximum Gasteiger partial charge on any atom is 0.0518 e. The molecule has 0 saturated carbocycles. The number of nitrogens with one attached hydrogen (secondary N) is 1. The summed E-state index contributed by atoms with van der Waals surface area (Å²) in [5.41, 5.74) is 0. The first-order chi connectivity index (χ1) is 6.68. The van der Waals surface area contributed by atoms with Crippen LogP contribution in [0, 0.1) is 0 Å². The van der Waals surface area contributed by atoms with E-state index in [0.717, 1.165) is 19.6 Å². The van der Waals surface area contributed by atoms with E-state index in [2.05, 4.69) is 31.0 Å². The number of ether oxygens (including phenoxy) is 1. The second kappa shape index (κ2) is 6.38. The normalized spacial score (nSPS) is 24.4. The highest BCUT2D eigenvalue weighted by atomic mass is 16.5. The van der Waals surface area contributed by atoms with Crippen molar-refractivity contribution in [3.63, 3.8) is 0 Å². The Bertz CT molecular complexity index is 150. The minimum absolute atomic E-state index is 0.372. The first kappa shape index (κ1) is 12.0. The molecule has 0 bridgehead atoms. The second-order valence-electron chi connectivity index (χ2n) is 4.43. The average Bonchev–Trinajstić information content (AvgIpc) is 2.12. The average molecular weight is 200 g/mol. The van der Waals surface area contributed by atoms with Crippen molar-refractivity contribution in [3.05, 3.63) is 0 Å². The summed E-state index contributed by atoms with van der Waals surface area (Å²) in [6.45, 7) is 12.0. The van der Waals surface area contributed by atoms with E-state index in [-0.39, 0.29) is 0 Å². The number of nitrogens with zero attached hydrogens (tertiary/aromatic N) is 1. The summed E-state index contributed by atoms with van der Waals surface area (Å²) in [5.74, 6) is 0. The van der Waals surface area contributed by atoms with Crippen molar-refractivity contribution in [2.24, 2.45) is 0 Å². The quantitative estimate of drug-likeness (QED) is 0.673. The van der Waals surface area contributed by atoms with Gasteiger partial charge < -0.3 is 15.0 Å². The molecule has 1 N–H and O–H groups in total. The molecule has 3 nitrogen and oxygen atoms in total. The Balaban J connectivity index is 2.00. The van der Waals surface area contributed by atoms with Gasteiger partial charge in [0.05, 0.1) is 6.10 Å². The fraction of sp³-hybridized carbons (Fsp3) is 1.00. The summed E-state index contributed by atoms with van der Waals surface area (Å²) in [4.78, 5) is 2.52. The molecular weight excluding hydrogens is 176 g/mol. The molecule has 1 rings (SSSR count). The monoisotopic (exact) mass is 200 g/mol. The predicted octanol–water partition coefficient (Wildman–Crippen LogP) is 1.10. The maximum atomic E-state index is 5.52. The molecule has 3 heteroatoms. The van der Waals surface area contributed by atoms with E-state index in [1.165, 1.54) is 19.6 Å². The summed E-state index contributed by atoms with van der Waals surface area (Å²) >= 11 is 0. The van der Waals surface area contributed by atoms with Gasteiger partial charge in [0, 0.05) is 38.8 Å². The molecule has 1 saturated heterocycles. The van der Waals surface area contributed by atoms with Gasteiger partial charge in [-0.2, -0.15) is 0 Å². The molecule has 1 atom stereocenters. The zero-order chi connectivity index (χ0) is 10.4. The molecule has 1 aliphatic rings. The first-order valence-corrected chi connectivity index (χ1v) is 5.76. The minimum atomic E-state index is 0.372. The lowest BCUT2D eigenvalue weighted by molar-refractivity contribution is 0.0682. The van der Waals surface area contributed by atoms with Gasteiger partial charge in [-0.1, -0.05) is 0 Å². The molecule has 0 unspecified atom stereocenters. The van der Waals surface area contributed by atoms with E-state index >= 15 is 0 Å². The summed E-state index contributed by atoms with van der Waals surface area (Å²) in [7, 11) is 0. The van der Waals surface area contributed by atoms with Gasteiger partial charge >= 0.3 is 0 Å². The Morgan fingerprint density at radius 3 is 2.93 bits per heavy atom. The molecule has 0 amide bonds. The van der Waals surface area contributed by atoms with Gasteiger partial charge in [0.2, 0.25) is 0 Å². The predicted molar refractivity (Wildman–Crippen MR) is 59.6 cm³/mol. The van der Waals surface area contributed by atoms with Crippen LogP contribution in [0.2, 0.25) is 0 Å². The summed E-state index contributed by atoms with van der Waals surface area (Å²) < 4.78 is 5.52. The van der Waals surface area contributed by atoms with Crippen molar-refractivity contribution in [1.82, 2.24) is 10.2 Å². The van der Waals surface area contributed by atoms with Gasteiger partial charge in [-0.05, 0) is 27.2 Å². The molecule has 1 heterocycles. The topological polar surface area (TPSA) is 24.5 Å². The third kappa shape index (κ3) is 4.94. The number of rotatable bonds is 5. The van der Waals surface area contributed by atoms with Crippen LogP contribution < -0.4 is 5.32 Å². The number of hydrogen-bond acceptors (Lipinski definition) is 3. The van der Waals surface area contributed by atoms with Gasteiger partial charge in [-0.25, -0.2) is 0 Å². The van der Waals surface area contributed by atoms with Crippen LogP contribution in [0.25, 0.3) is 0 Å². The van der Waals surface area contributed by atoms with Crippen molar-refractivity contribution >= 4 is 0 Å². The molecular formula is C11H24N2O. The van der Waals surface area contributed by atoms with E-state index in [1.54, 1.807) is 0 Å². The van der Waals surface area contributed by atoms with Gasteiger partial charge in [0.15, 0.2) is 0 Å². The third-order valence-electron chi connectivity index (χ3n) is 2.52. The van der Waals surface area contributed by atoms with Crippen LogP contribution >= 0.6 is 0 Å². The van der Waals surface area contributed by atoms with E-state index in [4.69, 9.17) is 4.74 Å². The van der Waals surface area contributed by atoms with E-state index in [0.29, 0.717) is 12.1 Å².